The Morgan fingerprint density at radius 2 is 1.90 bits per heavy atom. The van der Waals surface area contributed by atoms with Gasteiger partial charge in [0.05, 0.1) is 0 Å². The molecule has 2 atom stereocenters. The maximum absolute atomic E-state index is 11.4. The molecule has 0 rings (SSSR count). The summed E-state index contributed by atoms with van der Waals surface area (Å²) >= 11 is 0. The van der Waals surface area contributed by atoms with Gasteiger partial charge >= 0.3 is 5.97 Å². The van der Waals surface area contributed by atoms with Crippen LogP contribution in [-0.4, -0.2) is 47.2 Å². The van der Waals surface area contributed by atoms with E-state index >= 15 is 0 Å². The summed E-state index contributed by atoms with van der Waals surface area (Å²) < 4.78 is 0. The predicted molar refractivity (Wildman–Crippen MR) is 85.2 cm³/mol. The fraction of sp³-hybridized carbons (Fsp3) is 0.938. The Balaban J connectivity index is 4.10. The van der Waals surface area contributed by atoms with E-state index in [1.165, 1.54) is 12.8 Å². The van der Waals surface area contributed by atoms with Crippen molar-refractivity contribution < 1.29 is 9.90 Å². The van der Waals surface area contributed by atoms with E-state index in [0.29, 0.717) is 12.5 Å². The maximum atomic E-state index is 11.4. The lowest BCUT2D eigenvalue weighted by molar-refractivity contribution is -0.144. The zero-order valence-electron chi connectivity index (χ0n) is 14.2. The number of rotatable bonds is 11. The number of hydrogen-bond donors (Lipinski definition) is 2. The number of nitrogens with zero attached hydrogens (tertiary/aromatic N) is 1. The van der Waals surface area contributed by atoms with E-state index < -0.39 is 11.5 Å². The summed E-state index contributed by atoms with van der Waals surface area (Å²) in [6.45, 7) is 11.3. The number of carboxylic acid groups (broad SMARTS) is 1. The van der Waals surface area contributed by atoms with Crippen molar-refractivity contribution in [2.45, 2.75) is 84.3 Å². The molecule has 20 heavy (non-hydrogen) atoms. The summed E-state index contributed by atoms with van der Waals surface area (Å²) in [5, 5.41) is 12.5. The third-order valence-corrected chi connectivity index (χ3v) is 3.98. The molecule has 0 aliphatic heterocycles. The number of carbonyl (C=O) groups is 1. The monoisotopic (exact) mass is 286 g/mol. The van der Waals surface area contributed by atoms with Gasteiger partial charge in [-0.3, -0.25) is 10.1 Å². The molecular formula is C16H34N2O2. The van der Waals surface area contributed by atoms with Crippen LogP contribution >= 0.6 is 0 Å². The van der Waals surface area contributed by atoms with E-state index in [0.717, 1.165) is 19.4 Å². The van der Waals surface area contributed by atoms with Crippen molar-refractivity contribution in [2.24, 2.45) is 0 Å². The van der Waals surface area contributed by atoms with Crippen LogP contribution in [0.1, 0.15) is 66.7 Å². The molecule has 0 saturated carbocycles. The molecule has 4 heteroatoms. The highest BCUT2D eigenvalue weighted by Gasteiger charge is 2.32. The first-order chi connectivity index (χ1) is 9.23. The molecule has 0 aliphatic carbocycles. The van der Waals surface area contributed by atoms with Gasteiger partial charge in [-0.1, -0.05) is 13.3 Å². The topological polar surface area (TPSA) is 52.6 Å². The first-order valence-corrected chi connectivity index (χ1v) is 7.94. The van der Waals surface area contributed by atoms with Gasteiger partial charge in [-0.2, -0.15) is 0 Å². The zero-order valence-corrected chi connectivity index (χ0v) is 14.2. The third-order valence-electron chi connectivity index (χ3n) is 3.98. The minimum absolute atomic E-state index is 0.184. The van der Waals surface area contributed by atoms with Crippen molar-refractivity contribution in [2.75, 3.05) is 13.6 Å². The Labute approximate surface area is 124 Å². The Hall–Kier alpha value is -0.610. The molecule has 2 unspecified atom stereocenters. The Morgan fingerprint density at radius 3 is 2.35 bits per heavy atom. The summed E-state index contributed by atoms with van der Waals surface area (Å²) in [6, 6.07) is 0.794. The molecule has 0 fully saturated rings. The molecule has 120 valence electrons. The Kier molecular flexibility index (Phi) is 9.06. The molecule has 0 bridgehead atoms. The largest absolute Gasteiger partial charge is 0.480 e. The maximum Gasteiger partial charge on any atom is 0.323 e. The second kappa shape index (κ2) is 9.35. The van der Waals surface area contributed by atoms with E-state index in [9.17, 15) is 9.90 Å². The van der Waals surface area contributed by atoms with Crippen LogP contribution in [0, 0.1) is 0 Å². The standard InChI is InChI=1S/C16H34N2O2/c1-7-10-14(4)18(6)12-9-8-11-16(5,15(19)20)17-13(2)3/h13-14,17H,7-12H2,1-6H3,(H,19,20). The van der Waals surface area contributed by atoms with Crippen LogP contribution in [0.15, 0.2) is 0 Å². The minimum atomic E-state index is -0.804. The molecule has 0 aromatic heterocycles. The fourth-order valence-corrected chi connectivity index (χ4v) is 2.58. The molecule has 2 N–H and O–H groups in total. The zero-order chi connectivity index (χ0) is 15.8. The second-order valence-electron chi connectivity index (χ2n) is 6.51. The van der Waals surface area contributed by atoms with E-state index in [-0.39, 0.29) is 6.04 Å². The molecule has 0 aromatic carbocycles. The highest BCUT2D eigenvalue weighted by atomic mass is 16.4. The smallest absolute Gasteiger partial charge is 0.323 e. The van der Waals surface area contributed by atoms with Gasteiger partial charge in [-0.05, 0) is 67.0 Å². The first-order valence-electron chi connectivity index (χ1n) is 7.94. The molecule has 0 aromatic rings. The SMILES string of the molecule is CCCC(C)N(C)CCCCC(C)(NC(C)C)C(=O)O. The van der Waals surface area contributed by atoms with Crippen molar-refractivity contribution in [3.8, 4) is 0 Å². The number of nitrogens with one attached hydrogen (secondary N) is 1. The van der Waals surface area contributed by atoms with Crippen LogP contribution < -0.4 is 5.32 Å². The highest BCUT2D eigenvalue weighted by Crippen LogP contribution is 2.16. The number of aliphatic carboxylic acids is 1. The number of unbranched alkanes of at least 4 members (excludes halogenated alkanes) is 1. The van der Waals surface area contributed by atoms with E-state index in [4.69, 9.17) is 0 Å². The van der Waals surface area contributed by atoms with Gasteiger partial charge in [0.15, 0.2) is 0 Å². The molecule has 0 spiro atoms. The van der Waals surface area contributed by atoms with Gasteiger partial charge in [0.25, 0.3) is 0 Å². The van der Waals surface area contributed by atoms with E-state index in [1.807, 2.05) is 13.8 Å². The van der Waals surface area contributed by atoms with Gasteiger partial charge < -0.3 is 10.0 Å². The van der Waals surface area contributed by atoms with Crippen molar-refractivity contribution >= 4 is 5.97 Å². The molecule has 4 nitrogen and oxygen atoms in total. The Bertz CT molecular complexity index is 282. The van der Waals surface area contributed by atoms with Crippen LogP contribution in [0.4, 0.5) is 0 Å². The predicted octanol–water partition coefficient (Wildman–Crippen LogP) is 3.12. The Morgan fingerprint density at radius 1 is 1.30 bits per heavy atom. The van der Waals surface area contributed by atoms with Gasteiger partial charge in [0.1, 0.15) is 5.54 Å². The number of carboxylic acids is 1. The minimum Gasteiger partial charge on any atom is -0.480 e. The van der Waals surface area contributed by atoms with Crippen LogP contribution in [0.2, 0.25) is 0 Å². The van der Waals surface area contributed by atoms with Gasteiger partial charge in [0, 0.05) is 12.1 Å². The quantitative estimate of drug-likeness (QED) is 0.573. The fourth-order valence-electron chi connectivity index (χ4n) is 2.58. The summed E-state index contributed by atoms with van der Waals surface area (Å²) in [5.74, 6) is -0.751. The molecule has 0 heterocycles. The van der Waals surface area contributed by atoms with Crippen molar-refractivity contribution in [3.63, 3.8) is 0 Å². The first kappa shape index (κ1) is 19.4. The molecular weight excluding hydrogens is 252 g/mol. The summed E-state index contributed by atoms with van der Waals surface area (Å²) in [7, 11) is 2.16. The highest BCUT2D eigenvalue weighted by molar-refractivity contribution is 5.78. The third kappa shape index (κ3) is 7.25. The lowest BCUT2D eigenvalue weighted by atomic mass is 9.94. The van der Waals surface area contributed by atoms with Crippen LogP contribution in [0.3, 0.4) is 0 Å². The van der Waals surface area contributed by atoms with Crippen molar-refractivity contribution in [1.29, 1.82) is 0 Å². The number of hydrogen-bond acceptors (Lipinski definition) is 3. The van der Waals surface area contributed by atoms with Crippen molar-refractivity contribution in [1.82, 2.24) is 10.2 Å². The average molecular weight is 286 g/mol. The van der Waals surface area contributed by atoms with Gasteiger partial charge in [-0.15, -0.1) is 0 Å². The lowest BCUT2D eigenvalue weighted by Crippen LogP contribution is -2.52. The summed E-state index contributed by atoms with van der Waals surface area (Å²) in [4.78, 5) is 13.8. The summed E-state index contributed by atoms with van der Waals surface area (Å²) in [6.07, 6.45) is 5.09. The molecule has 0 radical (unpaired) electrons. The molecule has 0 amide bonds. The lowest BCUT2D eigenvalue weighted by Gasteiger charge is -2.29. The van der Waals surface area contributed by atoms with Crippen LogP contribution in [0.5, 0.6) is 0 Å². The average Bonchev–Trinajstić information content (AvgIpc) is 2.33. The van der Waals surface area contributed by atoms with Gasteiger partial charge in [-0.25, -0.2) is 0 Å². The van der Waals surface area contributed by atoms with Gasteiger partial charge in [0.2, 0.25) is 0 Å². The summed E-state index contributed by atoms with van der Waals surface area (Å²) in [5.41, 5.74) is -0.804. The molecule has 0 saturated heterocycles. The van der Waals surface area contributed by atoms with E-state index in [1.54, 1.807) is 6.92 Å². The van der Waals surface area contributed by atoms with Crippen LogP contribution in [-0.2, 0) is 4.79 Å². The van der Waals surface area contributed by atoms with E-state index in [2.05, 4.69) is 31.1 Å². The molecule has 0 aliphatic rings. The van der Waals surface area contributed by atoms with Crippen molar-refractivity contribution in [3.05, 3.63) is 0 Å². The normalized spacial score (nSPS) is 16.4. The van der Waals surface area contributed by atoms with Crippen LogP contribution in [0.25, 0.3) is 0 Å². The second-order valence-corrected chi connectivity index (χ2v) is 6.51.